The maximum atomic E-state index is 5.88. The minimum atomic E-state index is 0.569. The van der Waals surface area contributed by atoms with Crippen molar-refractivity contribution in [2.75, 3.05) is 13.1 Å². The highest BCUT2D eigenvalue weighted by Gasteiger charge is 2.22. The first kappa shape index (κ1) is 16.9. The smallest absolute Gasteiger partial charge is 0.119 e. The van der Waals surface area contributed by atoms with Crippen LogP contribution in [0.1, 0.15) is 35.6 Å². The molecule has 4 nitrogen and oxygen atoms in total. The monoisotopic (exact) mass is 347 g/mol. The fourth-order valence-electron chi connectivity index (χ4n) is 3.64. The van der Waals surface area contributed by atoms with Gasteiger partial charge in [0.2, 0.25) is 0 Å². The first-order valence-electron chi connectivity index (χ1n) is 9.34. The zero-order valence-electron chi connectivity index (χ0n) is 15.0. The van der Waals surface area contributed by atoms with Gasteiger partial charge < -0.3 is 4.74 Å². The third-order valence-electron chi connectivity index (χ3n) is 5.05. The van der Waals surface area contributed by atoms with E-state index in [0.717, 1.165) is 25.4 Å². The molecule has 0 bridgehead atoms. The van der Waals surface area contributed by atoms with Gasteiger partial charge in [0.05, 0.1) is 0 Å². The minimum absolute atomic E-state index is 0.569. The molecule has 1 saturated heterocycles. The lowest BCUT2D eigenvalue weighted by Gasteiger charge is -2.32. The molecule has 2 aromatic carbocycles. The molecule has 0 radical (unpaired) electrons. The van der Waals surface area contributed by atoms with Crippen LogP contribution in [0.3, 0.4) is 0 Å². The molecular weight excluding hydrogens is 322 g/mol. The molecule has 0 spiro atoms. The van der Waals surface area contributed by atoms with Crippen molar-refractivity contribution in [3.05, 3.63) is 83.7 Å². The van der Waals surface area contributed by atoms with Crippen LogP contribution in [0, 0.1) is 0 Å². The lowest BCUT2D eigenvalue weighted by atomic mass is 9.94. The highest BCUT2D eigenvalue weighted by Crippen LogP contribution is 2.26. The molecule has 134 valence electrons. The van der Waals surface area contributed by atoms with Gasteiger partial charge in [-0.25, -0.2) is 0 Å². The number of nitrogens with one attached hydrogen (secondary N) is 1. The molecule has 1 N–H and O–H groups in total. The van der Waals surface area contributed by atoms with Crippen molar-refractivity contribution in [3.63, 3.8) is 0 Å². The van der Waals surface area contributed by atoms with Crippen molar-refractivity contribution in [2.45, 2.75) is 31.9 Å². The van der Waals surface area contributed by atoms with E-state index in [1.807, 2.05) is 24.4 Å². The average molecular weight is 347 g/mol. The molecule has 1 aliphatic rings. The molecule has 0 aliphatic carbocycles. The van der Waals surface area contributed by atoms with Gasteiger partial charge in [-0.3, -0.25) is 10.00 Å². The lowest BCUT2D eigenvalue weighted by Crippen LogP contribution is -2.34. The maximum Gasteiger partial charge on any atom is 0.119 e. The van der Waals surface area contributed by atoms with Crippen molar-refractivity contribution in [2.24, 2.45) is 0 Å². The van der Waals surface area contributed by atoms with Crippen LogP contribution < -0.4 is 4.74 Å². The number of hydrogen-bond donors (Lipinski definition) is 1. The topological polar surface area (TPSA) is 41.1 Å². The Labute approximate surface area is 154 Å². The Bertz CT molecular complexity index is 784. The van der Waals surface area contributed by atoms with E-state index in [-0.39, 0.29) is 0 Å². The highest BCUT2D eigenvalue weighted by molar-refractivity contribution is 5.28. The standard InChI is InChI=1S/C22H25N3O/c1-2-5-19(6-3-1)17-26-21-10-8-18(9-11-21)15-25-14-4-7-20(16-25)22-12-13-23-24-22/h1-3,5-6,8-13,20H,4,7,14-17H2,(H,23,24). The maximum absolute atomic E-state index is 5.88. The van der Waals surface area contributed by atoms with Crippen molar-refractivity contribution in [3.8, 4) is 5.75 Å². The van der Waals surface area contributed by atoms with Crippen molar-refractivity contribution in [1.29, 1.82) is 0 Å². The van der Waals surface area contributed by atoms with Crippen LogP contribution in [0.25, 0.3) is 0 Å². The van der Waals surface area contributed by atoms with Gasteiger partial charge in [-0.1, -0.05) is 42.5 Å². The third-order valence-corrected chi connectivity index (χ3v) is 5.05. The van der Waals surface area contributed by atoms with Gasteiger partial charge in [0.1, 0.15) is 12.4 Å². The van der Waals surface area contributed by atoms with E-state index < -0.39 is 0 Å². The summed E-state index contributed by atoms with van der Waals surface area (Å²) in [5, 5.41) is 7.23. The summed E-state index contributed by atoms with van der Waals surface area (Å²) in [4.78, 5) is 2.54. The van der Waals surface area contributed by atoms with Crippen LogP contribution >= 0.6 is 0 Å². The van der Waals surface area contributed by atoms with E-state index >= 15 is 0 Å². The number of benzene rings is 2. The first-order chi connectivity index (χ1) is 12.9. The molecule has 2 heterocycles. The second kappa shape index (κ2) is 8.19. The van der Waals surface area contributed by atoms with Crippen LogP contribution in [-0.2, 0) is 13.2 Å². The van der Waals surface area contributed by atoms with Gasteiger partial charge in [0.15, 0.2) is 0 Å². The second-order valence-electron chi connectivity index (χ2n) is 7.00. The van der Waals surface area contributed by atoms with Gasteiger partial charge in [-0.15, -0.1) is 0 Å². The predicted octanol–water partition coefficient (Wildman–Crippen LogP) is 4.37. The Morgan fingerprint density at radius 2 is 1.85 bits per heavy atom. The SMILES string of the molecule is c1ccc(COc2ccc(CN3CCCC(c4ccn[nH]4)C3)cc2)cc1. The number of ether oxygens (including phenoxy) is 1. The Kier molecular flexibility index (Phi) is 5.31. The number of aromatic amines is 1. The fourth-order valence-corrected chi connectivity index (χ4v) is 3.64. The molecule has 4 heteroatoms. The van der Waals surface area contributed by atoms with Gasteiger partial charge in [-0.05, 0) is 48.7 Å². The molecule has 26 heavy (non-hydrogen) atoms. The third kappa shape index (κ3) is 4.33. The highest BCUT2D eigenvalue weighted by atomic mass is 16.5. The van der Waals surface area contributed by atoms with Gasteiger partial charge in [0.25, 0.3) is 0 Å². The summed E-state index contributed by atoms with van der Waals surface area (Å²) in [5.41, 5.74) is 3.79. The van der Waals surface area contributed by atoms with Crippen LogP contribution in [0.4, 0.5) is 0 Å². The Hall–Kier alpha value is -2.59. The number of nitrogens with zero attached hydrogens (tertiary/aromatic N) is 2. The number of hydrogen-bond acceptors (Lipinski definition) is 3. The Morgan fingerprint density at radius 1 is 1.00 bits per heavy atom. The zero-order valence-corrected chi connectivity index (χ0v) is 15.0. The van der Waals surface area contributed by atoms with E-state index in [4.69, 9.17) is 4.74 Å². The molecule has 0 amide bonds. The summed E-state index contributed by atoms with van der Waals surface area (Å²) >= 11 is 0. The normalized spacial score (nSPS) is 17.9. The number of likely N-dealkylation sites (tertiary alicyclic amines) is 1. The molecule has 4 rings (SSSR count). The molecule has 1 aromatic heterocycles. The lowest BCUT2D eigenvalue weighted by molar-refractivity contribution is 0.198. The average Bonchev–Trinajstić information content (AvgIpc) is 3.23. The zero-order chi connectivity index (χ0) is 17.6. The van der Waals surface area contributed by atoms with E-state index in [1.54, 1.807) is 0 Å². The van der Waals surface area contributed by atoms with Gasteiger partial charge in [-0.2, -0.15) is 5.10 Å². The molecule has 3 aromatic rings. The largest absolute Gasteiger partial charge is 0.489 e. The molecular formula is C22H25N3O. The number of piperidine rings is 1. The van der Waals surface area contributed by atoms with Crippen LogP contribution in [0.2, 0.25) is 0 Å². The molecule has 1 fully saturated rings. The Morgan fingerprint density at radius 3 is 2.62 bits per heavy atom. The molecule has 1 aliphatic heterocycles. The number of rotatable bonds is 6. The van der Waals surface area contributed by atoms with E-state index in [1.165, 1.54) is 29.7 Å². The molecule has 0 saturated carbocycles. The second-order valence-corrected chi connectivity index (χ2v) is 7.00. The van der Waals surface area contributed by atoms with Crippen molar-refractivity contribution in [1.82, 2.24) is 15.1 Å². The summed E-state index contributed by atoms with van der Waals surface area (Å²) in [6.07, 6.45) is 4.33. The summed E-state index contributed by atoms with van der Waals surface area (Å²) in [5.74, 6) is 1.49. The quantitative estimate of drug-likeness (QED) is 0.720. The van der Waals surface area contributed by atoms with E-state index in [9.17, 15) is 0 Å². The van der Waals surface area contributed by atoms with Crippen LogP contribution in [0.5, 0.6) is 5.75 Å². The first-order valence-corrected chi connectivity index (χ1v) is 9.34. The summed E-state index contributed by atoms with van der Waals surface area (Å²) < 4.78 is 5.88. The Balaban J connectivity index is 1.31. The van der Waals surface area contributed by atoms with Crippen molar-refractivity contribution < 1.29 is 4.74 Å². The van der Waals surface area contributed by atoms with Gasteiger partial charge in [0, 0.05) is 30.9 Å². The predicted molar refractivity (Wildman–Crippen MR) is 103 cm³/mol. The fraction of sp³-hybridized carbons (Fsp3) is 0.318. The minimum Gasteiger partial charge on any atom is -0.489 e. The van der Waals surface area contributed by atoms with E-state index in [2.05, 4.69) is 57.6 Å². The molecule has 1 unspecified atom stereocenters. The summed E-state index contributed by atoms with van der Waals surface area (Å²) in [6, 6.07) is 20.9. The van der Waals surface area contributed by atoms with Crippen LogP contribution in [0.15, 0.2) is 66.9 Å². The van der Waals surface area contributed by atoms with Crippen LogP contribution in [-0.4, -0.2) is 28.2 Å². The van der Waals surface area contributed by atoms with Gasteiger partial charge >= 0.3 is 0 Å². The summed E-state index contributed by atoms with van der Waals surface area (Å²) in [6.45, 7) is 3.85. The summed E-state index contributed by atoms with van der Waals surface area (Å²) in [7, 11) is 0. The number of aromatic nitrogens is 2. The molecule has 1 atom stereocenters. The van der Waals surface area contributed by atoms with E-state index in [0.29, 0.717) is 12.5 Å². The van der Waals surface area contributed by atoms with Crippen molar-refractivity contribution >= 4 is 0 Å². The number of H-pyrrole nitrogens is 1.